The number of carbonyl (C=O) groups is 1. The van der Waals surface area contributed by atoms with Crippen molar-refractivity contribution in [3.63, 3.8) is 0 Å². The van der Waals surface area contributed by atoms with Gasteiger partial charge in [0.1, 0.15) is 5.82 Å². The molecule has 0 aliphatic heterocycles. The molecule has 4 heteroatoms. The number of hydrogen-bond acceptors (Lipinski definition) is 2. The molecule has 1 aromatic carbocycles. The maximum absolute atomic E-state index is 13.4. The van der Waals surface area contributed by atoms with Gasteiger partial charge in [0.25, 0.3) is 0 Å². The van der Waals surface area contributed by atoms with E-state index >= 15 is 0 Å². The van der Waals surface area contributed by atoms with E-state index in [4.69, 9.17) is 5.73 Å². The maximum Gasteiger partial charge on any atom is 0.179 e. The second-order valence-electron chi connectivity index (χ2n) is 3.62. The van der Waals surface area contributed by atoms with Crippen molar-refractivity contribution in [3.8, 4) is 0 Å². The fraction of sp³-hybridized carbons (Fsp3) is 0.364. The molecule has 0 amide bonds. The molecule has 1 rings (SSSR count). The molecular formula is C11H13BrFNO. The third-order valence-corrected chi connectivity index (χ3v) is 3.20. The molecule has 0 fully saturated rings. The minimum absolute atomic E-state index is 0.231. The van der Waals surface area contributed by atoms with Crippen LogP contribution in [0.25, 0.3) is 0 Å². The lowest BCUT2D eigenvalue weighted by molar-refractivity contribution is 0.0966. The van der Waals surface area contributed by atoms with E-state index in [0.717, 1.165) is 5.56 Å². The third-order valence-electron chi connectivity index (χ3n) is 2.38. The van der Waals surface area contributed by atoms with Crippen molar-refractivity contribution in [1.29, 1.82) is 0 Å². The van der Waals surface area contributed by atoms with Crippen LogP contribution in [0.1, 0.15) is 28.4 Å². The Morgan fingerprint density at radius 3 is 2.47 bits per heavy atom. The number of halogens is 2. The first kappa shape index (κ1) is 12.3. The standard InChI is InChI=1S/C11H13BrFNO/c1-5-8(12)4-9(13)6(2)10(5)11(15)7(3)14/h4,7H,14H2,1-3H3. The number of carbonyl (C=O) groups excluding carboxylic acids is 1. The highest BCUT2D eigenvalue weighted by Crippen LogP contribution is 2.26. The number of nitrogens with two attached hydrogens (primary N) is 1. The summed E-state index contributed by atoms with van der Waals surface area (Å²) in [4.78, 5) is 11.8. The second-order valence-corrected chi connectivity index (χ2v) is 4.47. The summed E-state index contributed by atoms with van der Waals surface area (Å²) in [6.07, 6.45) is 0. The first-order valence-electron chi connectivity index (χ1n) is 4.61. The van der Waals surface area contributed by atoms with Crippen molar-refractivity contribution in [3.05, 3.63) is 33.0 Å². The Balaban J connectivity index is 3.46. The summed E-state index contributed by atoms with van der Waals surface area (Å²) in [5, 5.41) is 0. The molecule has 0 saturated carbocycles. The molecule has 0 spiro atoms. The molecular weight excluding hydrogens is 261 g/mol. The Bertz CT molecular complexity index is 389. The van der Waals surface area contributed by atoms with Crippen molar-refractivity contribution in [2.75, 3.05) is 0 Å². The van der Waals surface area contributed by atoms with Crippen LogP contribution in [0.4, 0.5) is 4.39 Å². The maximum atomic E-state index is 13.4. The number of ketones is 1. The largest absolute Gasteiger partial charge is 0.321 e. The van der Waals surface area contributed by atoms with E-state index in [1.54, 1.807) is 20.8 Å². The van der Waals surface area contributed by atoms with Gasteiger partial charge in [-0.15, -0.1) is 0 Å². The Labute approximate surface area is 96.8 Å². The zero-order chi connectivity index (χ0) is 11.7. The second kappa shape index (κ2) is 4.41. The molecule has 0 saturated heterocycles. The minimum Gasteiger partial charge on any atom is -0.321 e. The van der Waals surface area contributed by atoms with Crippen molar-refractivity contribution in [2.24, 2.45) is 5.73 Å². The Hall–Kier alpha value is -0.740. The molecule has 0 aromatic heterocycles. The van der Waals surface area contributed by atoms with E-state index in [-0.39, 0.29) is 5.78 Å². The molecule has 82 valence electrons. The van der Waals surface area contributed by atoms with E-state index < -0.39 is 11.9 Å². The van der Waals surface area contributed by atoms with E-state index in [2.05, 4.69) is 15.9 Å². The quantitative estimate of drug-likeness (QED) is 0.843. The van der Waals surface area contributed by atoms with Gasteiger partial charge in [0.2, 0.25) is 0 Å². The van der Waals surface area contributed by atoms with Gasteiger partial charge in [0.05, 0.1) is 6.04 Å². The molecule has 2 nitrogen and oxygen atoms in total. The summed E-state index contributed by atoms with van der Waals surface area (Å²) in [5.74, 6) is -0.623. The van der Waals surface area contributed by atoms with Crippen LogP contribution in [-0.2, 0) is 0 Å². The molecule has 0 bridgehead atoms. The Morgan fingerprint density at radius 2 is 2.00 bits per heavy atom. The molecule has 0 heterocycles. The number of Topliss-reactive ketones (excluding diaryl/α,β-unsaturated/α-hetero) is 1. The zero-order valence-electron chi connectivity index (χ0n) is 8.90. The van der Waals surface area contributed by atoms with E-state index in [1.807, 2.05) is 0 Å². The van der Waals surface area contributed by atoms with Gasteiger partial charge in [0.15, 0.2) is 5.78 Å². The first-order chi connectivity index (χ1) is 6.86. The summed E-state index contributed by atoms with van der Waals surface area (Å²) in [6.45, 7) is 4.95. The van der Waals surface area contributed by atoms with Crippen LogP contribution in [0.2, 0.25) is 0 Å². The molecule has 1 unspecified atom stereocenters. The number of benzene rings is 1. The monoisotopic (exact) mass is 273 g/mol. The molecule has 2 N–H and O–H groups in total. The van der Waals surface area contributed by atoms with Crippen molar-refractivity contribution >= 4 is 21.7 Å². The van der Waals surface area contributed by atoms with Gasteiger partial charge in [-0.3, -0.25) is 4.79 Å². The van der Waals surface area contributed by atoms with Crippen LogP contribution in [0, 0.1) is 19.7 Å². The van der Waals surface area contributed by atoms with E-state index in [1.165, 1.54) is 6.07 Å². The minimum atomic E-state index is -0.615. The van der Waals surface area contributed by atoms with Gasteiger partial charge in [-0.2, -0.15) is 0 Å². The van der Waals surface area contributed by atoms with Gasteiger partial charge in [-0.1, -0.05) is 15.9 Å². The van der Waals surface area contributed by atoms with Gasteiger partial charge >= 0.3 is 0 Å². The summed E-state index contributed by atoms with van der Waals surface area (Å²) in [6, 6.07) is 0.749. The third kappa shape index (κ3) is 2.26. The lowest BCUT2D eigenvalue weighted by Crippen LogP contribution is -2.28. The van der Waals surface area contributed by atoms with E-state index in [9.17, 15) is 9.18 Å². The predicted molar refractivity (Wildman–Crippen MR) is 61.6 cm³/mol. The molecule has 0 radical (unpaired) electrons. The normalized spacial score (nSPS) is 12.7. The van der Waals surface area contributed by atoms with Crippen LogP contribution in [0.3, 0.4) is 0 Å². The topological polar surface area (TPSA) is 43.1 Å². The van der Waals surface area contributed by atoms with Crippen LogP contribution >= 0.6 is 15.9 Å². The van der Waals surface area contributed by atoms with Gasteiger partial charge in [-0.05, 0) is 38.0 Å². The van der Waals surface area contributed by atoms with Crippen LogP contribution in [-0.4, -0.2) is 11.8 Å². The lowest BCUT2D eigenvalue weighted by atomic mass is 9.95. The van der Waals surface area contributed by atoms with Gasteiger partial charge < -0.3 is 5.73 Å². The average Bonchev–Trinajstić information content (AvgIpc) is 2.15. The highest BCUT2D eigenvalue weighted by Gasteiger charge is 2.20. The molecule has 1 aromatic rings. The predicted octanol–water partition coefficient (Wildman–Crippen LogP) is 2.73. The highest BCUT2D eigenvalue weighted by atomic mass is 79.9. The average molecular weight is 274 g/mol. The van der Waals surface area contributed by atoms with Crippen molar-refractivity contribution in [2.45, 2.75) is 26.8 Å². The van der Waals surface area contributed by atoms with Crippen LogP contribution in [0.5, 0.6) is 0 Å². The Morgan fingerprint density at radius 1 is 1.47 bits per heavy atom. The van der Waals surface area contributed by atoms with Crippen molar-refractivity contribution < 1.29 is 9.18 Å². The summed E-state index contributed by atoms with van der Waals surface area (Å²) in [5.41, 5.74) is 7.00. The summed E-state index contributed by atoms with van der Waals surface area (Å²) in [7, 11) is 0. The Kier molecular flexibility index (Phi) is 3.62. The SMILES string of the molecule is Cc1c(F)cc(Br)c(C)c1C(=O)C(C)N. The fourth-order valence-corrected chi connectivity index (χ4v) is 1.84. The number of rotatable bonds is 2. The van der Waals surface area contributed by atoms with Gasteiger partial charge in [0, 0.05) is 10.0 Å². The lowest BCUT2D eigenvalue weighted by Gasteiger charge is -2.13. The molecule has 0 aliphatic rings. The molecule has 0 aliphatic carbocycles. The number of hydrogen-bond donors (Lipinski definition) is 1. The smallest absolute Gasteiger partial charge is 0.179 e. The van der Waals surface area contributed by atoms with Gasteiger partial charge in [-0.25, -0.2) is 4.39 Å². The summed E-state index contributed by atoms with van der Waals surface area (Å²) < 4.78 is 14.0. The van der Waals surface area contributed by atoms with Crippen molar-refractivity contribution in [1.82, 2.24) is 0 Å². The van der Waals surface area contributed by atoms with Crippen LogP contribution in [0.15, 0.2) is 10.5 Å². The zero-order valence-corrected chi connectivity index (χ0v) is 10.5. The summed E-state index contributed by atoms with van der Waals surface area (Å²) >= 11 is 3.22. The molecule has 1 atom stereocenters. The van der Waals surface area contributed by atoms with Crippen LogP contribution < -0.4 is 5.73 Å². The highest BCUT2D eigenvalue weighted by molar-refractivity contribution is 9.10. The fourth-order valence-electron chi connectivity index (χ4n) is 1.45. The van der Waals surface area contributed by atoms with E-state index in [0.29, 0.717) is 15.6 Å². The first-order valence-corrected chi connectivity index (χ1v) is 5.40. The molecule has 15 heavy (non-hydrogen) atoms.